The van der Waals surface area contributed by atoms with E-state index in [0.29, 0.717) is 0 Å². The van der Waals surface area contributed by atoms with E-state index in [1.165, 1.54) is 12.1 Å². The Morgan fingerprint density at radius 3 is 2.27 bits per heavy atom. The van der Waals surface area contributed by atoms with Gasteiger partial charge in [-0.15, -0.1) is 6.58 Å². The van der Waals surface area contributed by atoms with E-state index in [4.69, 9.17) is 3.87 Å². The smallest absolute Gasteiger partial charge is 0.287 e. The molecule has 0 aliphatic heterocycles. The Morgan fingerprint density at radius 1 is 1.27 bits per heavy atom. The van der Waals surface area contributed by atoms with Crippen LogP contribution in [-0.4, -0.2) is 16.7 Å². The molecule has 82 valence electrons. The first-order valence-electron chi connectivity index (χ1n) is 4.52. The predicted molar refractivity (Wildman–Crippen MR) is 62.4 cm³/mol. The lowest BCUT2D eigenvalue weighted by atomic mass is 10.4. The summed E-state index contributed by atoms with van der Waals surface area (Å²) in [4.78, 5) is 0.187. The SMILES string of the molecule is C=C[Si](C)(C)OS(=O)(=O)c1ccccc1. The Labute approximate surface area is 91.7 Å². The second-order valence-corrected chi connectivity index (χ2v) is 9.32. The molecule has 0 bridgehead atoms. The highest BCUT2D eigenvalue weighted by Gasteiger charge is 2.27. The summed E-state index contributed by atoms with van der Waals surface area (Å²) in [7, 11) is -5.96. The zero-order chi connectivity index (χ0) is 11.5. The van der Waals surface area contributed by atoms with E-state index in [-0.39, 0.29) is 4.90 Å². The van der Waals surface area contributed by atoms with Gasteiger partial charge in [0.15, 0.2) is 0 Å². The lowest BCUT2D eigenvalue weighted by Gasteiger charge is -2.17. The molecule has 0 heterocycles. The van der Waals surface area contributed by atoms with Crippen molar-refractivity contribution < 1.29 is 12.3 Å². The zero-order valence-electron chi connectivity index (χ0n) is 8.80. The van der Waals surface area contributed by atoms with E-state index in [9.17, 15) is 8.42 Å². The highest BCUT2D eigenvalue weighted by atomic mass is 32.2. The van der Waals surface area contributed by atoms with Gasteiger partial charge in [0.05, 0.1) is 4.90 Å². The number of hydrogen-bond acceptors (Lipinski definition) is 3. The molecule has 0 atom stereocenters. The molecule has 0 saturated carbocycles. The van der Waals surface area contributed by atoms with Crippen molar-refractivity contribution in [3.63, 3.8) is 0 Å². The van der Waals surface area contributed by atoms with Crippen LogP contribution < -0.4 is 0 Å². The number of benzene rings is 1. The summed E-state index contributed by atoms with van der Waals surface area (Å²) in [5.41, 5.74) is 1.59. The van der Waals surface area contributed by atoms with Crippen LogP contribution in [0, 0.1) is 0 Å². The molecule has 5 heteroatoms. The normalized spacial score (nSPS) is 12.4. The van der Waals surface area contributed by atoms with Gasteiger partial charge in [-0.1, -0.05) is 23.9 Å². The first-order chi connectivity index (χ1) is 6.87. The first kappa shape index (κ1) is 12.2. The van der Waals surface area contributed by atoms with Crippen molar-refractivity contribution in [3.05, 3.63) is 42.6 Å². The molecule has 15 heavy (non-hydrogen) atoms. The van der Waals surface area contributed by atoms with Crippen molar-refractivity contribution >= 4 is 18.4 Å². The average Bonchev–Trinajstić information content (AvgIpc) is 2.18. The fourth-order valence-corrected chi connectivity index (χ4v) is 4.36. The van der Waals surface area contributed by atoms with Crippen LogP contribution >= 0.6 is 0 Å². The zero-order valence-corrected chi connectivity index (χ0v) is 10.6. The van der Waals surface area contributed by atoms with Crippen molar-refractivity contribution in [2.45, 2.75) is 18.0 Å². The van der Waals surface area contributed by atoms with Gasteiger partial charge >= 0.3 is 0 Å². The molecule has 1 rings (SSSR count). The van der Waals surface area contributed by atoms with E-state index in [0.717, 1.165) is 0 Å². The van der Waals surface area contributed by atoms with E-state index in [2.05, 4.69) is 6.58 Å². The molecule has 0 aromatic heterocycles. The third-order valence-electron chi connectivity index (χ3n) is 1.85. The average molecular weight is 242 g/mol. The molecule has 3 nitrogen and oxygen atoms in total. The molecule has 1 aromatic carbocycles. The highest BCUT2D eigenvalue weighted by molar-refractivity contribution is 7.87. The van der Waals surface area contributed by atoms with E-state index in [1.807, 2.05) is 0 Å². The van der Waals surface area contributed by atoms with Gasteiger partial charge in [0.25, 0.3) is 10.1 Å². The molecule has 0 radical (unpaired) electrons. The molecular weight excluding hydrogens is 228 g/mol. The highest BCUT2D eigenvalue weighted by Crippen LogP contribution is 2.17. The molecular formula is C10H14O3SSi. The first-order valence-corrected chi connectivity index (χ1v) is 8.91. The van der Waals surface area contributed by atoms with Crippen LogP contribution in [0.5, 0.6) is 0 Å². The molecule has 0 aliphatic rings. The molecule has 0 unspecified atom stereocenters. The fourth-order valence-electron chi connectivity index (χ4n) is 0.952. The maximum atomic E-state index is 11.8. The predicted octanol–water partition coefficient (Wildman–Crippen LogP) is 2.32. The van der Waals surface area contributed by atoms with Crippen LogP contribution in [0.3, 0.4) is 0 Å². The topological polar surface area (TPSA) is 43.4 Å². The van der Waals surface area contributed by atoms with Crippen molar-refractivity contribution in [1.82, 2.24) is 0 Å². The van der Waals surface area contributed by atoms with Gasteiger partial charge in [-0.05, 0) is 25.2 Å². The summed E-state index contributed by atoms with van der Waals surface area (Å²) in [6.07, 6.45) is 0. The number of rotatable bonds is 4. The molecule has 0 amide bonds. The summed E-state index contributed by atoms with van der Waals surface area (Å²) in [6, 6.07) is 8.12. The molecule has 0 fully saturated rings. The molecule has 0 spiro atoms. The summed E-state index contributed by atoms with van der Waals surface area (Å²) < 4.78 is 28.7. The van der Waals surface area contributed by atoms with Gasteiger partial charge in [0.1, 0.15) is 0 Å². The largest absolute Gasteiger partial charge is 0.307 e. The van der Waals surface area contributed by atoms with Gasteiger partial charge in [0.2, 0.25) is 8.32 Å². The van der Waals surface area contributed by atoms with Gasteiger partial charge in [-0.3, -0.25) is 0 Å². The van der Waals surface area contributed by atoms with Crippen LogP contribution in [0.2, 0.25) is 13.1 Å². The Morgan fingerprint density at radius 2 is 1.80 bits per heavy atom. The van der Waals surface area contributed by atoms with Gasteiger partial charge in [-0.2, -0.15) is 8.42 Å². The third-order valence-corrected chi connectivity index (χ3v) is 6.28. The third kappa shape index (κ3) is 3.30. The standard InChI is InChI=1S/C10H14O3SSi/c1-4-15(2,3)13-14(11,12)10-8-6-5-7-9-10/h4-9H,1H2,2-3H3. The van der Waals surface area contributed by atoms with Crippen LogP contribution in [0.4, 0.5) is 0 Å². The van der Waals surface area contributed by atoms with Gasteiger partial charge < -0.3 is 3.87 Å². The maximum Gasteiger partial charge on any atom is 0.287 e. The van der Waals surface area contributed by atoms with Gasteiger partial charge in [0, 0.05) is 0 Å². The van der Waals surface area contributed by atoms with Crippen molar-refractivity contribution in [1.29, 1.82) is 0 Å². The molecule has 0 N–H and O–H groups in total. The summed E-state index contributed by atoms with van der Waals surface area (Å²) in [6.45, 7) is 7.14. The van der Waals surface area contributed by atoms with E-state index in [1.54, 1.807) is 37.0 Å². The monoisotopic (exact) mass is 242 g/mol. The summed E-state index contributed by atoms with van der Waals surface area (Å²) in [5, 5.41) is 0. The summed E-state index contributed by atoms with van der Waals surface area (Å²) in [5.74, 6) is 0. The Balaban J connectivity index is 3.01. The minimum Gasteiger partial charge on any atom is -0.307 e. The Kier molecular flexibility index (Phi) is 3.49. The van der Waals surface area contributed by atoms with Crippen molar-refractivity contribution in [2.75, 3.05) is 0 Å². The van der Waals surface area contributed by atoms with Crippen molar-refractivity contribution in [2.24, 2.45) is 0 Å². The van der Waals surface area contributed by atoms with Crippen LogP contribution in [0.25, 0.3) is 0 Å². The quantitative estimate of drug-likeness (QED) is 0.761. The van der Waals surface area contributed by atoms with E-state index < -0.39 is 18.4 Å². The molecule has 0 aliphatic carbocycles. The van der Waals surface area contributed by atoms with Gasteiger partial charge in [-0.25, -0.2) is 0 Å². The van der Waals surface area contributed by atoms with Crippen LogP contribution in [0.1, 0.15) is 0 Å². The van der Waals surface area contributed by atoms with Crippen LogP contribution in [-0.2, 0) is 14.0 Å². The van der Waals surface area contributed by atoms with Crippen molar-refractivity contribution in [3.8, 4) is 0 Å². The summed E-state index contributed by atoms with van der Waals surface area (Å²) >= 11 is 0. The van der Waals surface area contributed by atoms with E-state index >= 15 is 0 Å². The lowest BCUT2D eigenvalue weighted by molar-refractivity contribution is 0.488. The molecule has 1 aromatic rings. The Hall–Kier alpha value is -0.913. The second-order valence-electron chi connectivity index (χ2n) is 3.66. The fraction of sp³-hybridized carbons (Fsp3) is 0.200. The minimum atomic E-state index is -3.64. The minimum absolute atomic E-state index is 0.187. The Bertz CT molecular complexity index is 437. The van der Waals surface area contributed by atoms with Crippen LogP contribution in [0.15, 0.2) is 47.5 Å². The second kappa shape index (κ2) is 4.30. The number of hydrogen-bond donors (Lipinski definition) is 0. The molecule has 0 saturated heterocycles. The maximum absolute atomic E-state index is 11.8. The lowest BCUT2D eigenvalue weighted by Crippen LogP contribution is -2.31.